The molecule has 0 radical (unpaired) electrons. The lowest BCUT2D eigenvalue weighted by molar-refractivity contribution is -0.135. The molecule has 1 N–H and O–H groups in total. The third-order valence-corrected chi connectivity index (χ3v) is 6.18. The van der Waals surface area contributed by atoms with Crippen molar-refractivity contribution in [3.05, 3.63) is 29.8 Å². The summed E-state index contributed by atoms with van der Waals surface area (Å²) >= 11 is -1.11. The summed E-state index contributed by atoms with van der Waals surface area (Å²) in [6, 6.07) is 7.36. The fraction of sp³-hybridized carbons (Fsp3) is 0.720. The molecule has 1 rings (SSSR count). The molecule has 0 aliphatic rings. The number of Topliss-reactive ketones (excluding diaryl/α,β-unsaturated/α-hetero) is 1. The van der Waals surface area contributed by atoms with Crippen LogP contribution in [0.3, 0.4) is 0 Å². The molecule has 1 atom stereocenters. The smallest absolute Gasteiger partial charge is 0.389 e. The molecule has 0 aromatic heterocycles. The van der Waals surface area contributed by atoms with E-state index in [0.29, 0.717) is 12.0 Å². The number of rotatable bonds is 19. The van der Waals surface area contributed by atoms with E-state index in [1.165, 1.54) is 51.2 Å². The summed E-state index contributed by atoms with van der Waals surface area (Å²) < 4.78 is 47.2. The van der Waals surface area contributed by atoms with Gasteiger partial charge in [0.1, 0.15) is 0 Å². The molecule has 1 unspecified atom stereocenters. The van der Waals surface area contributed by atoms with Crippen molar-refractivity contribution < 1.29 is 22.5 Å². The first-order valence-corrected chi connectivity index (χ1v) is 13.7. The van der Waals surface area contributed by atoms with Crippen LogP contribution in [0.2, 0.25) is 0 Å². The highest BCUT2D eigenvalue weighted by molar-refractivity contribution is 7.91. The maximum atomic E-state index is 12.0. The van der Waals surface area contributed by atoms with Crippen LogP contribution in [0.4, 0.5) is 18.9 Å². The lowest BCUT2D eigenvalue weighted by Crippen LogP contribution is -2.14. The summed E-state index contributed by atoms with van der Waals surface area (Å²) in [7, 11) is 0. The molecule has 0 aliphatic heterocycles. The van der Waals surface area contributed by atoms with Crippen LogP contribution in [-0.2, 0) is 11.2 Å². The van der Waals surface area contributed by atoms with Crippen LogP contribution in [0.15, 0.2) is 24.3 Å². The van der Waals surface area contributed by atoms with Gasteiger partial charge < -0.3 is 9.87 Å². The first-order valence-electron chi connectivity index (χ1n) is 12.0. The highest BCUT2D eigenvalue weighted by atomic mass is 32.2. The third-order valence-electron chi connectivity index (χ3n) is 5.51. The van der Waals surface area contributed by atoms with Crippen LogP contribution >= 0.6 is 0 Å². The van der Waals surface area contributed by atoms with Gasteiger partial charge in [0, 0.05) is 24.2 Å². The molecule has 184 valence electrons. The van der Waals surface area contributed by atoms with Gasteiger partial charge in [-0.3, -0.25) is 4.79 Å². The molecule has 0 fully saturated rings. The molecule has 0 heterocycles. The molecule has 32 heavy (non-hydrogen) atoms. The van der Waals surface area contributed by atoms with Gasteiger partial charge >= 0.3 is 6.18 Å². The Bertz CT molecular complexity index is 606. The quantitative estimate of drug-likeness (QED) is 0.127. The van der Waals surface area contributed by atoms with Gasteiger partial charge in [-0.25, -0.2) is 0 Å². The van der Waals surface area contributed by atoms with Crippen molar-refractivity contribution >= 4 is 22.6 Å². The zero-order chi connectivity index (χ0) is 23.7. The number of anilines is 1. The average molecular weight is 476 g/mol. The summed E-state index contributed by atoms with van der Waals surface area (Å²) in [6.45, 7) is 0.912. The van der Waals surface area contributed by atoms with Crippen LogP contribution in [0.25, 0.3) is 0 Å². The van der Waals surface area contributed by atoms with Gasteiger partial charge in [-0.15, -0.1) is 0 Å². The van der Waals surface area contributed by atoms with Crippen LogP contribution in [0.1, 0.15) is 100 Å². The monoisotopic (exact) mass is 475 g/mol. The lowest BCUT2D eigenvalue weighted by atomic mass is 10.0. The minimum absolute atomic E-state index is 0.0706. The Morgan fingerprint density at radius 1 is 0.812 bits per heavy atom. The van der Waals surface area contributed by atoms with Gasteiger partial charge in [0.25, 0.3) is 0 Å². The number of unbranched alkanes of at least 4 members (excludes halogenated alkanes) is 12. The molecule has 0 spiro atoms. The highest BCUT2D eigenvalue weighted by Crippen LogP contribution is 2.23. The van der Waals surface area contributed by atoms with Gasteiger partial charge in [-0.2, -0.15) is 13.2 Å². The maximum Gasteiger partial charge on any atom is 0.389 e. The lowest BCUT2D eigenvalue weighted by Gasteiger charge is -2.08. The number of nitrogens with one attached hydrogen (secondary N) is 1. The molecular weight excluding hydrogens is 435 g/mol. The van der Waals surface area contributed by atoms with E-state index >= 15 is 0 Å². The fourth-order valence-electron chi connectivity index (χ4n) is 3.67. The number of hydrogen-bond donors (Lipinski definition) is 1. The number of ketones is 1. The molecule has 0 amide bonds. The van der Waals surface area contributed by atoms with E-state index in [2.05, 4.69) is 5.32 Å². The van der Waals surface area contributed by atoms with E-state index < -0.39 is 23.8 Å². The number of carbonyl (C=O) groups excluding carboxylic acids is 1. The minimum Gasteiger partial charge on any atom is -0.616 e. The van der Waals surface area contributed by atoms with Crippen molar-refractivity contribution in [2.75, 3.05) is 23.9 Å². The zero-order valence-corrected chi connectivity index (χ0v) is 20.3. The number of alkyl halides is 3. The van der Waals surface area contributed by atoms with Crippen LogP contribution in [0, 0.1) is 0 Å². The molecule has 1 aromatic rings. The van der Waals surface area contributed by atoms with Crippen molar-refractivity contribution in [2.24, 2.45) is 0 Å². The molecule has 0 bridgehead atoms. The van der Waals surface area contributed by atoms with Gasteiger partial charge in [-0.1, -0.05) is 70.6 Å². The van der Waals surface area contributed by atoms with Gasteiger partial charge in [0.05, 0.1) is 6.26 Å². The standard InChI is InChI=1S/C25H40F3NO2S/c1-32(31)21-24(30)22-15-17-23(18-16-22)29-20-14-12-10-8-6-4-2-3-5-7-9-11-13-19-25(26,27)28/h15-18,29H,2-14,19-21H2,1H3. The third kappa shape index (κ3) is 16.4. The van der Waals surface area contributed by atoms with Gasteiger partial charge in [0.15, 0.2) is 5.75 Å². The predicted molar refractivity (Wildman–Crippen MR) is 129 cm³/mol. The Morgan fingerprint density at radius 2 is 1.25 bits per heavy atom. The Morgan fingerprint density at radius 3 is 1.69 bits per heavy atom. The largest absolute Gasteiger partial charge is 0.616 e. The van der Waals surface area contributed by atoms with Gasteiger partial charge in [0.2, 0.25) is 5.78 Å². The highest BCUT2D eigenvalue weighted by Gasteiger charge is 2.25. The van der Waals surface area contributed by atoms with E-state index in [4.69, 9.17) is 0 Å². The second-order valence-electron chi connectivity index (χ2n) is 8.61. The zero-order valence-electron chi connectivity index (χ0n) is 19.5. The molecule has 1 aromatic carbocycles. The predicted octanol–water partition coefficient (Wildman–Crippen LogP) is 7.68. The first kappa shape index (κ1) is 28.8. The van der Waals surface area contributed by atoms with E-state index in [9.17, 15) is 22.5 Å². The topological polar surface area (TPSA) is 52.2 Å². The number of benzene rings is 1. The first-order chi connectivity index (χ1) is 15.3. The molecule has 3 nitrogen and oxygen atoms in total. The van der Waals surface area contributed by atoms with Crippen molar-refractivity contribution in [1.82, 2.24) is 0 Å². The fourth-order valence-corrected chi connectivity index (χ4v) is 4.21. The number of carbonyl (C=O) groups is 1. The summed E-state index contributed by atoms with van der Waals surface area (Å²) in [5.41, 5.74) is 1.60. The normalized spacial score (nSPS) is 12.7. The second-order valence-corrected chi connectivity index (χ2v) is 10.0. The van der Waals surface area contributed by atoms with E-state index in [1.807, 2.05) is 12.1 Å². The average Bonchev–Trinajstić information content (AvgIpc) is 2.72. The maximum absolute atomic E-state index is 12.0. The molecule has 0 aliphatic carbocycles. The minimum atomic E-state index is -4.00. The van der Waals surface area contributed by atoms with Crippen molar-refractivity contribution in [2.45, 2.75) is 96.1 Å². The summed E-state index contributed by atoms with van der Waals surface area (Å²) in [5, 5.41) is 3.38. The Hall–Kier alpha value is -1.21. The van der Waals surface area contributed by atoms with Crippen LogP contribution in [-0.4, -0.2) is 35.1 Å². The van der Waals surface area contributed by atoms with Crippen molar-refractivity contribution in [1.29, 1.82) is 0 Å². The molecule has 0 saturated carbocycles. The Kier molecular flexibility index (Phi) is 15.6. The Balaban J connectivity index is 1.88. The number of halogens is 3. The summed E-state index contributed by atoms with van der Waals surface area (Å²) in [4.78, 5) is 11.9. The molecular formula is C25H40F3NO2S. The van der Waals surface area contributed by atoms with Gasteiger partial charge in [-0.05, 0) is 48.3 Å². The van der Waals surface area contributed by atoms with Crippen molar-refractivity contribution in [3.8, 4) is 0 Å². The van der Waals surface area contributed by atoms with Crippen LogP contribution in [0.5, 0.6) is 0 Å². The van der Waals surface area contributed by atoms with Crippen molar-refractivity contribution in [3.63, 3.8) is 0 Å². The van der Waals surface area contributed by atoms with E-state index in [1.54, 1.807) is 12.1 Å². The summed E-state index contributed by atoms with van der Waals surface area (Å²) in [6.07, 6.45) is 10.8. The van der Waals surface area contributed by atoms with E-state index in [-0.39, 0.29) is 18.0 Å². The Labute approximate surface area is 195 Å². The van der Waals surface area contributed by atoms with Crippen LogP contribution < -0.4 is 5.32 Å². The SMILES string of the molecule is C[S+]([O-])CC(=O)c1ccc(NCCCCCCCCCCCCCCCC(F)(F)F)cc1. The number of hydrogen-bond acceptors (Lipinski definition) is 3. The van der Waals surface area contributed by atoms with E-state index in [0.717, 1.165) is 37.9 Å². The summed E-state index contributed by atoms with van der Waals surface area (Å²) in [5.74, 6) is -0.0153. The molecule has 7 heteroatoms. The molecule has 0 saturated heterocycles. The second kappa shape index (κ2) is 17.3.